The van der Waals surface area contributed by atoms with Crippen LogP contribution < -0.4 is 11.1 Å². The minimum atomic E-state index is -0.178. The number of carbonyl (C=O) groups excluding carboxylic acids is 1. The average Bonchev–Trinajstić information content (AvgIpc) is 2.46. The standard InChI is InChI=1S/C16H27N3OS/c1-6-14(10-21-5)19(4)12(3)16(20)18-15-9-13(17)8-7-11(15)2/h7-9,12,14H,6,10,17H2,1-5H3,(H,18,20). The van der Waals surface area contributed by atoms with Gasteiger partial charge < -0.3 is 11.1 Å². The van der Waals surface area contributed by atoms with Gasteiger partial charge in [0.05, 0.1) is 6.04 Å². The first-order chi connectivity index (χ1) is 9.90. The zero-order chi connectivity index (χ0) is 16.0. The summed E-state index contributed by atoms with van der Waals surface area (Å²) in [5.41, 5.74) is 8.25. The second kappa shape index (κ2) is 8.29. The molecule has 1 amide bonds. The molecule has 0 radical (unpaired) electrons. The second-order valence-electron chi connectivity index (χ2n) is 5.42. The van der Waals surface area contributed by atoms with E-state index in [1.165, 1.54) is 0 Å². The van der Waals surface area contributed by atoms with Crippen LogP contribution in [0.25, 0.3) is 0 Å². The lowest BCUT2D eigenvalue weighted by atomic mass is 10.1. The molecule has 0 heterocycles. The predicted octanol–water partition coefficient (Wildman–Crippen LogP) is 2.98. The molecule has 0 aliphatic carbocycles. The van der Waals surface area contributed by atoms with Crippen molar-refractivity contribution < 1.29 is 4.79 Å². The summed E-state index contributed by atoms with van der Waals surface area (Å²) in [5, 5.41) is 2.99. The third kappa shape index (κ3) is 4.93. The van der Waals surface area contributed by atoms with Crippen LogP contribution in [0, 0.1) is 6.92 Å². The molecule has 3 N–H and O–H groups in total. The number of amides is 1. The molecule has 0 fully saturated rings. The van der Waals surface area contributed by atoms with Gasteiger partial charge in [-0.25, -0.2) is 0 Å². The van der Waals surface area contributed by atoms with Crippen molar-refractivity contribution >= 4 is 29.0 Å². The van der Waals surface area contributed by atoms with Gasteiger partial charge in [0.25, 0.3) is 0 Å². The Bertz CT molecular complexity index is 479. The van der Waals surface area contributed by atoms with Crippen molar-refractivity contribution in [2.24, 2.45) is 0 Å². The molecule has 0 aliphatic heterocycles. The Morgan fingerprint density at radius 1 is 1.48 bits per heavy atom. The highest BCUT2D eigenvalue weighted by atomic mass is 32.2. The number of nitrogens with one attached hydrogen (secondary N) is 1. The minimum Gasteiger partial charge on any atom is -0.399 e. The molecule has 1 aromatic rings. The fourth-order valence-corrected chi connectivity index (χ4v) is 3.08. The molecule has 0 saturated carbocycles. The van der Waals surface area contributed by atoms with E-state index in [9.17, 15) is 4.79 Å². The first-order valence-corrected chi connectivity index (χ1v) is 8.67. The number of rotatable bonds is 7. The van der Waals surface area contributed by atoms with Gasteiger partial charge in [-0.3, -0.25) is 9.69 Å². The fourth-order valence-electron chi connectivity index (χ4n) is 2.23. The lowest BCUT2D eigenvalue weighted by Crippen LogP contribution is -2.46. The molecule has 1 aromatic carbocycles. The van der Waals surface area contributed by atoms with Gasteiger partial charge in [-0.05, 0) is 51.3 Å². The van der Waals surface area contributed by atoms with E-state index >= 15 is 0 Å². The summed E-state index contributed by atoms with van der Waals surface area (Å²) in [6, 6.07) is 5.79. The number of carbonyl (C=O) groups is 1. The molecule has 5 heteroatoms. The molecule has 2 atom stereocenters. The average molecular weight is 309 g/mol. The third-order valence-corrected chi connectivity index (χ3v) is 4.63. The molecule has 2 unspecified atom stereocenters. The van der Waals surface area contributed by atoms with Crippen molar-refractivity contribution in [1.82, 2.24) is 4.90 Å². The number of anilines is 2. The molecule has 0 aromatic heterocycles. The Morgan fingerprint density at radius 3 is 2.71 bits per heavy atom. The van der Waals surface area contributed by atoms with Gasteiger partial charge in [0.1, 0.15) is 0 Å². The Balaban J connectivity index is 2.76. The number of likely N-dealkylation sites (N-methyl/N-ethyl adjacent to an activating group) is 1. The van der Waals surface area contributed by atoms with E-state index in [2.05, 4.69) is 23.4 Å². The number of benzene rings is 1. The van der Waals surface area contributed by atoms with Crippen molar-refractivity contribution in [2.45, 2.75) is 39.3 Å². The topological polar surface area (TPSA) is 58.4 Å². The monoisotopic (exact) mass is 309 g/mol. The number of hydrogen-bond donors (Lipinski definition) is 2. The SMILES string of the molecule is CCC(CSC)N(C)C(C)C(=O)Nc1cc(N)ccc1C. The first kappa shape index (κ1) is 17.9. The quantitative estimate of drug-likeness (QED) is 0.760. The zero-order valence-corrected chi connectivity index (χ0v) is 14.5. The highest BCUT2D eigenvalue weighted by Gasteiger charge is 2.23. The van der Waals surface area contributed by atoms with E-state index in [4.69, 9.17) is 5.73 Å². The normalized spacial score (nSPS) is 14.0. The number of nitrogens with zero attached hydrogens (tertiary/aromatic N) is 1. The van der Waals surface area contributed by atoms with Crippen LogP contribution in [0.15, 0.2) is 18.2 Å². The first-order valence-electron chi connectivity index (χ1n) is 7.28. The van der Waals surface area contributed by atoms with Crippen LogP contribution in [0.5, 0.6) is 0 Å². The van der Waals surface area contributed by atoms with Crippen molar-refractivity contribution in [3.63, 3.8) is 0 Å². The fraction of sp³-hybridized carbons (Fsp3) is 0.562. The number of aryl methyl sites for hydroxylation is 1. The summed E-state index contributed by atoms with van der Waals surface area (Å²) < 4.78 is 0. The highest BCUT2D eigenvalue weighted by molar-refractivity contribution is 7.98. The minimum absolute atomic E-state index is 0.00533. The van der Waals surface area contributed by atoms with E-state index in [1.807, 2.05) is 44.8 Å². The maximum Gasteiger partial charge on any atom is 0.241 e. The van der Waals surface area contributed by atoms with Crippen LogP contribution in [0.3, 0.4) is 0 Å². The van der Waals surface area contributed by atoms with Gasteiger partial charge in [-0.2, -0.15) is 11.8 Å². The van der Waals surface area contributed by atoms with Gasteiger partial charge >= 0.3 is 0 Å². The maximum absolute atomic E-state index is 12.4. The molecule has 0 spiro atoms. The molecular formula is C16H27N3OS. The lowest BCUT2D eigenvalue weighted by molar-refractivity contribution is -0.120. The van der Waals surface area contributed by atoms with E-state index < -0.39 is 0 Å². The van der Waals surface area contributed by atoms with Crippen LogP contribution in [0.2, 0.25) is 0 Å². The van der Waals surface area contributed by atoms with E-state index in [1.54, 1.807) is 6.07 Å². The molecule has 21 heavy (non-hydrogen) atoms. The summed E-state index contributed by atoms with van der Waals surface area (Å²) in [6.07, 6.45) is 3.13. The van der Waals surface area contributed by atoms with E-state index in [-0.39, 0.29) is 11.9 Å². The van der Waals surface area contributed by atoms with Gasteiger partial charge in [-0.15, -0.1) is 0 Å². The van der Waals surface area contributed by atoms with Gasteiger partial charge in [-0.1, -0.05) is 13.0 Å². The van der Waals surface area contributed by atoms with Crippen molar-refractivity contribution in [2.75, 3.05) is 30.1 Å². The van der Waals surface area contributed by atoms with Crippen molar-refractivity contribution in [3.8, 4) is 0 Å². The Kier molecular flexibility index (Phi) is 7.05. The summed E-state index contributed by atoms with van der Waals surface area (Å²) in [7, 11) is 2.01. The Morgan fingerprint density at radius 2 is 2.14 bits per heavy atom. The maximum atomic E-state index is 12.4. The molecule has 118 valence electrons. The largest absolute Gasteiger partial charge is 0.399 e. The van der Waals surface area contributed by atoms with Gasteiger partial charge in [0.15, 0.2) is 0 Å². The smallest absolute Gasteiger partial charge is 0.241 e. The van der Waals surface area contributed by atoms with E-state index in [0.717, 1.165) is 23.4 Å². The van der Waals surface area contributed by atoms with E-state index in [0.29, 0.717) is 11.7 Å². The van der Waals surface area contributed by atoms with Crippen LogP contribution >= 0.6 is 11.8 Å². The zero-order valence-electron chi connectivity index (χ0n) is 13.6. The van der Waals surface area contributed by atoms with Gasteiger partial charge in [0, 0.05) is 23.2 Å². The molecular weight excluding hydrogens is 282 g/mol. The number of nitrogen functional groups attached to an aromatic ring is 1. The Labute approximate surface area is 132 Å². The van der Waals surface area contributed by atoms with Gasteiger partial charge in [0.2, 0.25) is 5.91 Å². The van der Waals surface area contributed by atoms with Crippen LogP contribution in [0.1, 0.15) is 25.8 Å². The third-order valence-electron chi connectivity index (χ3n) is 3.92. The van der Waals surface area contributed by atoms with Crippen molar-refractivity contribution in [3.05, 3.63) is 23.8 Å². The summed E-state index contributed by atoms with van der Waals surface area (Å²) in [4.78, 5) is 14.6. The molecule has 0 bridgehead atoms. The number of hydrogen-bond acceptors (Lipinski definition) is 4. The molecule has 0 saturated heterocycles. The highest BCUT2D eigenvalue weighted by Crippen LogP contribution is 2.19. The van der Waals surface area contributed by atoms with Crippen LogP contribution in [0.4, 0.5) is 11.4 Å². The lowest BCUT2D eigenvalue weighted by Gasteiger charge is -2.31. The molecule has 1 rings (SSSR count). The predicted molar refractivity (Wildman–Crippen MR) is 93.9 cm³/mol. The molecule has 4 nitrogen and oxygen atoms in total. The second-order valence-corrected chi connectivity index (χ2v) is 6.33. The van der Waals surface area contributed by atoms with Crippen LogP contribution in [-0.4, -0.2) is 41.9 Å². The summed E-state index contributed by atoms with van der Waals surface area (Å²) in [5.74, 6) is 1.04. The summed E-state index contributed by atoms with van der Waals surface area (Å²) >= 11 is 1.81. The summed E-state index contributed by atoms with van der Waals surface area (Å²) in [6.45, 7) is 6.07. The Hall–Kier alpha value is -1.20. The van der Waals surface area contributed by atoms with Crippen molar-refractivity contribution in [1.29, 1.82) is 0 Å². The molecule has 0 aliphatic rings. The van der Waals surface area contributed by atoms with Crippen LogP contribution in [-0.2, 0) is 4.79 Å². The number of thioether (sulfide) groups is 1. The number of nitrogens with two attached hydrogens (primary N) is 1.